The van der Waals surface area contributed by atoms with Crippen LogP contribution in [-0.2, 0) is 9.59 Å². The minimum atomic E-state index is -0.109. The molecule has 0 aliphatic carbocycles. The Kier molecular flexibility index (Phi) is 5.08. The summed E-state index contributed by atoms with van der Waals surface area (Å²) in [5, 5.41) is 4.23. The van der Waals surface area contributed by atoms with Gasteiger partial charge in [0.2, 0.25) is 0 Å². The third kappa shape index (κ3) is 3.07. The molecule has 36 heavy (non-hydrogen) atoms. The normalized spacial score (nSPS) is 16.1. The maximum Gasteiger partial charge on any atom is 0.261 e. The molecule has 0 fully saturated rings. The molecule has 2 aliphatic rings. The van der Waals surface area contributed by atoms with E-state index in [-0.39, 0.29) is 23.9 Å². The fourth-order valence-electron chi connectivity index (χ4n) is 5.72. The van der Waals surface area contributed by atoms with Crippen molar-refractivity contribution < 1.29 is 9.59 Å². The lowest BCUT2D eigenvalue weighted by molar-refractivity contribution is -0.125. The van der Waals surface area contributed by atoms with Gasteiger partial charge in [-0.2, -0.15) is 0 Å². The van der Waals surface area contributed by atoms with E-state index in [1.54, 1.807) is 0 Å². The van der Waals surface area contributed by atoms with Crippen molar-refractivity contribution in [2.24, 2.45) is 0 Å². The molecule has 6 rings (SSSR count). The number of carbonyl (C=O) groups is 2. The highest BCUT2D eigenvalue weighted by Gasteiger charge is 2.50. The SMILES string of the molecule is CC(C)N1C(=O)C2=C(c3cccc4ccccc34)N(C(C)C)C(=O)C2=C1c1cccc2ccccc12. The molecule has 4 nitrogen and oxygen atoms in total. The zero-order chi connectivity index (χ0) is 25.1. The highest BCUT2D eigenvalue weighted by molar-refractivity contribution is 6.31. The van der Waals surface area contributed by atoms with Crippen molar-refractivity contribution >= 4 is 44.8 Å². The number of amides is 2. The summed E-state index contributed by atoms with van der Waals surface area (Å²) in [5.41, 5.74) is 4.29. The Hall–Kier alpha value is -4.18. The van der Waals surface area contributed by atoms with Crippen LogP contribution < -0.4 is 0 Å². The second kappa shape index (κ2) is 8.20. The van der Waals surface area contributed by atoms with Crippen LogP contribution >= 0.6 is 0 Å². The van der Waals surface area contributed by atoms with Crippen LogP contribution in [0.4, 0.5) is 0 Å². The summed E-state index contributed by atoms with van der Waals surface area (Å²) in [6.07, 6.45) is 0. The van der Waals surface area contributed by atoms with Crippen LogP contribution in [0, 0.1) is 0 Å². The van der Waals surface area contributed by atoms with Crippen molar-refractivity contribution in [2.75, 3.05) is 0 Å². The highest BCUT2D eigenvalue weighted by atomic mass is 16.2. The first kappa shape index (κ1) is 22.3. The predicted octanol–water partition coefficient (Wildman–Crippen LogP) is 6.62. The number of hydrogen-bond acceptors (Lipinski definition) is 2. The van der Waals surface area contributed by atoms with Gasteiger partial charge in [0, 0.05) is 23.2 Å². The van der Waals surface area contributed by atoms with Crippen molar-refractivity contribution in [1.82, 2.24) is 9.80 Å². The van der Waals surface area contributed by atoms with E-state index in [4.69, 9.17) is 0 Å². The molecule has 0 saturated carbocycles. The molecule has 4 aromatic rings. The topological polar surface area (TPSA) is 40.6 Å². The van der Waals surface area contributed by atoms with E-state index in [0.29, 0.717) is 22.5 Å². The van der Waals surface area contributed by atoms with E-state index in [2.05, 4.69) is 36.4 Å². The molecule has 4 aromatic carbocycles. The van der Waals surface area contributed by atoms with Crippen LogP contribution in [0.25, 0.3) is 32.9 Å². The van der Waals surface area contributed by atoms with Crippen molar-refractivity contribution in [3.05, 3.63) is 107 Å². The smallest absolute Gasteiger partial charge is 0.261 e. The van der Waals surface area contributed by atoms with E-state index in [9.17, 15) is 9.59 Å². The van der Waals surface area contributed by atoms with Gasteiger partial charge in [0.25, 0.3) is 11.8 Å². The lowest BCUT2D eigenvalue weighted by atomic mass is 9.96. The van der Waals surface area contributed by atoms with E-state index in [1.807, 2.05) is 86.0 Å². The van der Waals surface area contributed by atoms with Gasteiger partial charge in [0.05, 0.1) is 22.5 Å². The van der Waals surface area contributed by atoms with Gasteiger partial charge in [-0.3, -0.25) is 9.59 Å². The van der Waals surface area contributed by atoms with Crippen molar-refractivity contribution in [3.63, 3.8) is 0 Å². The van der Waals surface area contributed by atoms with E-state index >= 15 is 0 Å². The number of benzene rings is 4. The molecule has 0 N–H and O–H groups in total. The summed E-state index contributed by atoms with van der Waals surface area (Å²) in [5.74, 6) is -0.218. The van der Waals surface area contributed by atoms with Crippen LogP contribution in [0.5, 0.6) is 0 Å². The first-order valence-corrected chi connectivity index (χ1v) is 12.5. The lowest BCUT2D eigenvalue weighted by Gasteiger charge is -2.30. The van der Waals surface area contributed by atoms with E-state index in [0.717, 1.165) is 32.7 Å². The summed E-state index contributed by atoms with van der Waals surface area (Å²) in [6.45, 7) is 8.03. The highest BCUT2D eigenvalue weighted by Crippen LogP contribution is 2.49. The van der Waals surface area contributed by atoms with Crippen LogP contribution in [0.3, 0.4) is 0 Å². The van der Waals surface area contributed by atoms with Crippen molar-refractivity contribution in [3.8, 4) is 0 Å². The number of carbonyl (C=O) groups excluding carboxylic acids is 2. The van der Waals surface area contributed by atoms with E-state index < -0.39 is 0 Å². The van der Waals surface area contributed by atoms with Crippen molar-refractivity contribution in [1.29, 1.82) is 0 Å². The van der Waals surface area contributed by atoms with Crippen LogP contribution in [0.2, 0.25) is 0 Å². The molecular formula is C32H28N2O2. The summed E-state index contributed by atoms with van der Waals surface area (Å²) >= 11 is 0. The molecule has 2 amide bonds. The third-order valence-electron chi connectivity index (χ3n) is 7.19. The average molecular weight is 473 g/mol. The summed E-state index contributed by atoms with van der Waals surface area (Å²) in [7, 11) is 0. The molecule has 0 saturated heterocycles. The Balaban J connectivity index is 1.74. The molecule has 4 heteroatoms. The molecule has 0 bridgehead atoms. The maximum atomic E-state index is 14.2. The van der Waals surface area contributed by atoms with E-state index in [1.165, 1.54) is 0 Å². The Morgan fingerprint density at radius 1 is 0.500 bits per heavy atom. The van der Waals surface area contributed by atoms with Gasteiger partial charge in [-0.25, -0.2) is 0 Å². The number of fused-ring (bicyclic) bond motifs is 3. The second-order valence-corrected chi connectivity index (χ2v) is 10.0. The first-order valence-electron chi connectivity index (χ1n) is 12.5. The number of nitrogens with zero attached hydrogens (tertiary/aromatic N) is 2. The Morgan fingerprint density at radius 2 is 0.861 bits per heavy atom. The monoisotopic (exact) mass is 472 g/mol. The van der Waals surface area contributed by atoms with Gasteiger partial charge >= 0.3 is 0 Å². The van der Waals surface area contributed by atoms with Gasteiger partial charge < -0.3 is 9.80 Å². The molecule has 2 heterocycles. The summed E-state index contributed by atoms with van der Waals surface area (Å²) in [4.78, 5) is 32.1. The van der Waals surface area contributed by atoms with Gasteiger partial charge in [0.1, 0.15) is 0 Å². The van der Waals surface area contributed by atoms with Crippen molar-refractivity contribution in [2.45, 2.75) is 39.8 Å². The average Bonchev–Trinajstić information content (AvgIpc) is 3.35. The molecule has 0 radical (unpaired) electrons. The fourth-order valence-corrected chi connectivity index (χ4v) is 5.72. The molecular weight excluding hydrogens is 444 g/mol. The largest absolute Gasteiger partial charge is 0.304 e. The third-order valence-corrected chi connectivity index (χ3v) is 7.19. The van der Waals surface area contributed by atoms with Crippen LogP contribution in [-0.4, -0.2) is 33.7 Å². The van der Waals surface area contributed by atoms with Crippen LogP contribution in [0.1, 0.15) is 38.8 Å². The summed E-state index contributed by atoms with van der Waals surface area (Å²) in [6, 6.07) is 28.3. The second-order valence-electron chi connectivity index (χ2n) is 10.0. The Bertz CT molecular complexity index is 1510. The quantitative estimate of drug-likeness (QED) is 0.335. The molecule has 0 atom stereocenters. The zero-order valence-electron chi connectivity index (χ0n) is 20.9. The number of hydrogen-bond donors (Lipinski definition) is 0. The first-order chi connectivity index (χ1) is 17.4. The fraction of sp³-hybridized carbons (Fsp3) is 0.188. The standard InChI is InChI=1S/C32H28N2O2/c1-19(2)33-29(25-17-9-13-21-11-5-7-15-23(21)25)27-28(31(33)35)30(34(20(3)4)32(27)36)26-18-10-14-22-12-6-8-16-24(22)26/h5-20H,1-4H3. The Labute approximate surface area is 211 Å². The number of rotatable bonds is 4. The maximum absolute atomic E-state index is 14.2. The zero-order valence-corrected chi connectivity index (χ0v) is 20.9. The molecule has 0 spiro atoms. The van der Waals surface area contributed by atoms with Gasteiger partial charge in [0.15, 0.2) is 0 Å². The van der Waals surface area contributed by atoms with Gasteiger partial charge in [-0.1, -0.05) is 84.9 Å². The van der Waals surface area contributed by atoms with Gasteiger partial charge in [-0.05, 0) is 49.2 Å². The predicted molar refractivity (Wildman–Crippen MR) is 146 cm³/mol. The Morgan fingerprint density at radius 3 is 1.25 bits per heavy atom. The minimum Gasteiger partial charge on any atom is -0.304 e. The van der Waals surface area contributed by atoms with Gasteiger partial charge in [-0.15, -0.1) is 0 Å². The molecule has 178 valence electrons. The van der Waals surface area contributed by atoms with Crippen LogP contribution in [0.15, 0.2) is 96.1 Å². The molecule has 0 unspecified atom stereocenters. The molecule has 0 aromatic heterocycles. The summed E-state index contributed by atoms with van der Waals surface area (Å²) < 4.78 is 0. The molecule has 2 aliphatic heterocycles. The minimum absolute atomic E-state index is 0.105. The lowest BCUT2D eigenvalue weighted by Crippen LogP contribution is -2.36.